The van der Waals surface area contributed by atoms with Gasteiger partial charge in [0.1, 0.15) is 80.5 Å². The zero-order valence-electron chi connectivity index (χ0n) is 44.5. The van der Waals surface area contributed by atoms with Crippen LogP contribution in [0.4, 0.5) is 0 Å². The molecule has 0 saturated carbocycles. The van der Waals surface area contributed by atoms with Gasteiger partial charge in [-0.2, -0.15) is 0 Å². The zero-order chi connectivity index (χ0) is 55.8. The third-order valence-electron chi connectivity index (χ3n) is 13.4. The Morgan fingerprint density at radius 1 is 0.350 bits per heavy atom. The second-order valence-electron chi connectivity index (χ2n) is 18.5. The SMILES string of the molecule is COc1cc(C)c(O)c(-c2cc(OC)cc(C)c2O)c1.COc1cc(C)c(OP2Oc3cccc4cccc(c34)O2)c(-c2cc(OC)cc(C)c2OP2Oc3cccc4cccc(c34)O2)c1.ClP1Oc2cccc3cccc(c23)O1. The highest BCUT2D eigenvalue weighted by Crippen LogP contribution is 2.58. The van der Waals surface area contributed by atoms with Gasteiger partial charge in [0.25, 0.3) is 0 Å². The van der Waals surface area contributed by atoms with Crippen LogP contribution in [0.3, 0.4) is 0 Å². The largest absolute Gasteiger partial charge is 0.530 e. The summed E-state index contributed by atoms with van der Waals surface area (Å²) in [5.74, 6) is 8.37. The number of phenols is 2. The highest BCUT2D eigenvalue weighted by molar-refractivity contribution is 7.76. The maximum Gasteiger partial charge on any atom is 0.530 e. The first kappa shape index (κ1) is 53.7. The Morgan fingerprint density at radius 3 is 0.900 bits per heavy atom. The molecular weight excluding hydrogens is 1100 g/mol. The molecule has 0 spiro atoms. The number of rotatable bonds is 10. The molecule has 18 heteroatoms. The Bertz CT molecular complexity index is 3680. The van der Waals surface area contributed by atoms with E-state index in [0.29, 0.717) is 90.9 Å². The molecule has 0 fully saturated rings. The average molecular weight is 1150 g/mol. The summed E-state index contributed by atoms with van der Waals surface area (Å²) in [6.45, 7) is 7.48. The van der Waals surface area contributed by atoms with Gasteiger partial charge >= 0.3 is 24.9 Å². The van der Waals surface area contributed by atoms with Gasteiger partial charge in [0.2, 0.25) is 0 Å². The lowest BCUT2D eigenvalue weighted by molar-refractivity contribution is 0.376. The van der Waals surface area contributed by atoms with E-state index in [-0.39, 0.29) is 11.5 Å². The van der Waals surface area contributed by atoms with E-state index in [2.05, 4.69) is 0 Å². The van der Waals surface area contributed by atoms with Crippen LogP contribution in [0.2, 0.25) is 0 Å². The lowest BCUT2D eigenvalue weighted by Gasteiger charge is -2.27. The Hall–Kier alpha value is -8.24. The number of aryl methyl sites for hydroxylation is 4. The highest BCUT2D eigenvalue weighted by atomic mass is 35.7. The molecule has 0 unspecified atom stereocenters. The first-order valence-corrected chi connectivity index (χ1v) is 29.3. The van der Waals surface area contributed by atoms with E-state index in [1.807, 2.05) is 147 Å². The summed E-state index contributed by atoms with van der Waals surface area (Å²) in [5.41, 5.74) is 5.44. The van der Waals surface area contributed by atoms with Gasteiger partial charge in [-0.3, -0.25) is 0 Å². The number of halogens is 1. The van der Waals surface area contributed by atoms with Crippen molar-refractivity contribution in [3.8, 4) is 103 Å². The van der Waals surface area contributed by atoms with Gasteiger partial charge < -0.3 is 65.4 Å². The molecule has 2 N–H and O–H groups in total. The fraction of sp³-hybridized carbons (Fsp3) is 0.129. The molecule has 0 radical (unpaired) electrons. The van der Waals surface area contributed by atoms with Crippen LogP contribution in [0.5, 0.6) is 80.5 Å². The van der Waals surface area contributed by atoms with Crippen LogP contribution in [0.25, 0.3) is 54.6 Å². The summed E-state index contributed by atoms with van der Waals surface area (Å²) in [5, 5.41) is 26.5. The molecule has 10 aromatic carbocycles. The van der Waals surface area contributed by atoms with Gasteiger partial charge in [0, 0.05) is 22.3 Å². The Balaban J connectivity index is 0.000000161. The molecule has 0 bridgehead atoms. The smallest absolute Gasteiger partial charge is 0.507 e. The second-order valence-corrected chi connectivity index (χ2v) is 22.2. The van der Waals surface area contributed by atoms with Crippen molar-refractivity contribution in [3.63, 3.8) is 0 Å². The second kappa shape index (κ2) is 22.9. The molecule has 0 atom stereocenters. The number of aromatic hydroxyl groups is 2. The van der Waals surface area contributed by atoms with E-state index in [1.165, 1.54) is 0 Å². The van der Waals surface area contributed by atoms with Crippen molar-refractivity contribution in [1.82, 2.24) is 0 Å². The molecule has 10 aromatic rings. The summed E-state index contributed by atoms with van der Waals surface area (Å²) >= 11 is 5.85. The molecule has 0 aromatic heterocycles. The monoisotopic (exact) mass is 1150 g/mol. The summed E-state index contributed by atoms with van der Waals surface area (Å²) in [4.78, 5) is 0. The molecular formula is C62H52ClO14P3. The van der Waals surface area contributed by atoms with Crippen molar-refractivity contribution in [2.24, 2.45) is 0 Å². The molecule has 3 aliphatic rings. The summed E-state index contributed by atoms with van der Waals surface area (Å²) < 4.78 is 71.0. The quantitative estimate of drug-likeness (QED) is 0.125. The zero-order valence-corrected chi connectivity index (χ0v) is 48.0. The third kappa shape index (κ3) is 10.7. The van der Waals surface area contributed by atoms with Crippen LogP contribution >= 0.6 is 36.2 Å². The number of benzene rings is 10. The highest BCUT2D eigenvalue weighted by Gasteiger charge is 2.33. The molecule has 0 amide bonds. The van der Waals surface area contributed by atoms with Crippen molar-refractivity contribution in [3.05, 3.63) is 180 Å². The van der Waals surface area contributed by atoms with E-state index in [9.17, 15) is 10.2 Å². The normalized spacial score (nSPS) is 13.1. The molecule has 0 aliphatic carbocycles. The van der Waals surface area contributed by atoms with Crippen molar-refractivity contribution >= 4 is 68.5 Å². The minimum absolute atomic E-state index is 0.119. The van der Waals surface area contributed by atoms with Crippen LogP contribution in [0.15, 0.2) is 158 Å². The van der Waals surface area contributed by atoms with Crippen molar-refractivity contribution in [2.75, 3.05) is 28.4 Å². The van der Waals surface area contributed by atoms with Crippen LogP contribution in [0, 0.1) is 27.7 Å². The van der Waals surface area contributed by atoms with Crippen LogP contribution in [-0.2, 0) is 0 Å². The van der Waals surface area contributed by atoms with E-state index < -0.39 is 24.9 Å². The van der Waals surface area contributed by atoms with Crippen LogP contribution < -0.4 is 55.1 Å². The minimum atomic E-state index is -1.85. The predicted octanol–water partition coefficient (Wildman–Crippen LogP) is 17.9. The van der Waals surface area contributed by atoms with Crippen molar-refractivity contribution in [2.45, 2.75) is 27.7 Å². The number of hydrogen-bond donors (Lipinski definition) is 2. The number of phenolic OH excluding ortho intramolecular Hbond substituents is 2. The van der Waals surface area contributed by atoms with Gasteiger partial charge in [-0.15, -0.1) is 0 Å². The molecule has 406 valence electrons. The standard InChI is InChI=1S/C36H28O8P2.C16H18O4.C10H6ClO2P/c1-21-17-25(37-3)19-27(35(21)43-45-39-29-13-5-9-23-10-6-14-30(40-45)33(23)29)28-20-26(38-4)18-22(2)36(28)44-46-41-31-15-7-11-24-12-8-16-32(42-46)34(24)31;1-9-5-11(19-3)7-13(15(9)17)14-8-12(20-4)6-10(2)16(14)18;11-14-12-8-5-1-3-7-4-2-6-9(13-14)10(7)8/h5-20H,1-4H3;5-8,17-18H,1-4H3;1-6H. The van der Waals surface area contributed by atoms with Gasteiger partial charge in [0.15, 0.2) is 0 Å². The molecule has 80 heavy (non-hydrogen) atoms. The van der Waals surface area contributed by atoms with Gasteiger partial charge in [-0.1, -0.05) is 72.8 Å². The van der Waals surface area contributed by atoms with Crippen LogP contribution in [0.1, 0.15) is 22.3 Å². The maximum absolute atomic E-state index is 10.2. The number of ether oxygens (including phenoxy) is 4. The maximum atomic E-state index is 10.2. The first-order chi connectivity index (χ1) is 38.8. The van der Waals surface area contributed by atoms with Crippen molar-refractivity contribution in [1.29, 1.82) is 0 Å². The van der Waals surface area contributed by atoms with Crippen molar-refractivity contribution < 1.29 is 65.4 Å². The fourth-order valence-electron chi connectivity index (χ4n) is 9.53. The van der Waals surface area contributed by atoms with E-state index in [4.69, 9.17) is 66.4 Å². The Kier molecular flexibility index (Phi) is 15.4. The number of methoxy groups -OCH3 is 4. The molecule has 13 rings (SSSR count). The molecule has 14 nitrogen and oxygen atoms in total. The summed E-state index contributed by atoms with van der Waals surface area (Å²) in [7, 11) is 1.36. The minimum Gasteiger partial charge on any atom is -0.507 e. The fourth-order valence-corrected chi connectivity index (χ4v) is 12.9. The number of hydrogen-bond acceptors (Lipinski definition) is 14. The van der Waals surface area contributed by atoms with Gasteiger partial charge in [-0.05, 0) is 162 Å². The molecule has 3 heterocycles. The summed E-state index contributed by atoms with van der Waals surface area (Å²) in [6, 6.07) is 49.9. The average Bonchev–Trinajstić information content (AvgIpc) is 3.50. The van der Waals surface area contributed by atoms with E-state index in [1.54, 1.807) is 66.6 Å². The lowest BCUT2D eigenvalue weighted by Crippen LogP contribution is -2.09. The Labute approximate surface area is 470 Å². The van der Waals surface area contributed by atoms with E-state index in [0.717, 1.165) is 54.9 Å². The topological polar surface area (TPSA) is 151 Å². The van der Waals surface area contributed by atoms with Gasteiger partial charge in [0.05, 0.1) is 44.6 Å². The summed E-state index contributed by atoms with van der Waals surface area (Å²) in [6.07, 6.45) is 0. The first-order valence-electron chi connectivity index (χ1n) is 25.0. The Morgan fingerprint density at radius 2 is 0.613 bits per heavy atom. The molecule has 3 aliphatic heterocycles. The predicted molar refractivity (Wildman–Crippen MR) is 316 cm³/mol. The lowest BCUT2D eigenvalue weighted by atomic mass is 9.98. The third-order valence-corrected chi connectivity index (χ3v) is 16.6. The van der Waals surface area contributed by atoms with Gasteiger partial charge in [-0.25, -0.2) is 0 Å². The van der Waals surface area contributed by atoms with E-state index >= 15 is 0 Å². The molecule has 0 saturated heterocycles. The van der Waals surface area contributed by atoms with Crippen LogP contribution in [-0.4, -0.2) is 38.7 Å².